The zero-order valence-electron chi connectivity index (χ0n) is 10.6. The summed E-state index contributed by atoms with van der Waals surface area (Å²) in [5.41, 5.74) is 1.67. The maximum Gasteiger partial charge on any atom is 0.225 e. The highest BCUT2D eigenvalue weighted by Crippen LogP contribution is 2.23. The molecule has 2 aromatic heterocycles. The number of carbonyl (C=O) groups is 1. The quantitative estimate of drug-likeness (QED) is 0.712. The van der Waals surface area contributed by atoms with Crippen LogP contribution >= 0.6 is 0 Å². The fourth-order valence-corrected chi connectivity index (χ4v) is 2.02. The van der Waals surface area contributed by atoms with Crippen molar-refractivity contribution in [3.63, 3.8) is 0 Å². The summed E-state index contributed by atoms with van der Waals surface area (Å²) < 4.78 is 0. The average Bonchev–Trinajstić information content (AvgIpc) is 2.47. The molecule has 1 aromatic carbocycles. The molecule has 0 aliphatic heterocycles. The highest BCUT2D eigenvalue weighted by molar-refractivity contribution is 6.03. The van der Waals surface area contributed by atoms with Crippen molar-refractivity contribution < 1.29 is 4.79 Å². The summed E-state index contributed by atoms with van der Waals surface area (Å²) in [7, 11) is 0. The Kier molecular flexibility index (Phi) is 2.83. The molecule has 3 aromatic rings. The van der Waals surface area contributed by atoms with E-state index >= 15 is 0 Å². The first-order valence-corrected chi connectivity index (χ1v) is 6.22. The molecule has 0 atom stereocenters. The minimum Gasteiger partial charge on any atom is -0.311 e. The third-order valence-corrected chi connectivity index (χ3v) is 3.02. The van der Waals surface area contributed by atoms with Crippen LogP contribution in [0.4, 0.5) is 5.82 Å². The lowest BCUT2D eigenvalue weighted by Gasteiger charge is -2.06. The Labute approximate surface area is 110 Å². The van der Waals surface area contributed by atoms with Gasteiger partial charge in [-0.3, -0.25) is 9.78 Å². The highest BCUT2D eigenvalue weighted by Gasteiger charge is 2.05. The van der Waals surface area contributed by atoms with Gasteiger partial charge in [0.05, 0.1) is 11.0 Å². The number of pyridine rings is 2. The van der Waals surface area contributed by atoms with Crippen LogP contribution in [0.1, 0.15) is 13.3 Å². The van der Waals surface area contributed by atoms with Crippen LogP contribution in [0.15, 0.2) is 42.6 Å². The van der Waals surface area contributed by atoms with Crippen molar-refractivity contribution >= 4 is 33.5 Å². The molecular formula is C15H13N3O. The van der Waals surface area contributed by atoms with E-state index in [0.717, 1.165) is 21.8 Å². The van der Waals surface area contributed by atoms with Gasteiger partial charge in [-0.1, -0.05) is 25.1 Å². The molecule has 0 unspecified atom stereocenters. The summed E-state index contributed by atoms with van der Waals surface area (Å²) in [5, 5.41) is 4.83. The van der Waals surface area contributed by atoms with E-state index in [-0.39, 0.29) is 5.91 Å². The van der Waals surface area contributed by atoms with E-state index in [1.54, 1.807) is 6.20 Å². The van der Waals surface area contributed by atoms with Crippen LogP contribution in [-0.2, 0) is 4.79 Å². The molecule has 4 heteroatoms. The zero-order valence-corrected chi connectivity index (χ0v) is 10.6. The minimum absolute atomic E-state index is 0.0416. The van der Waals surface area contributed by atoms with Gasteiger partial charge in [-0.15, -0.1) is 0 Å². The predicted molar refractivity (Wildman–Crippen MR) is 76.0 cm³/mol. The number of benzene rings is 1. The average molecular weight is 251 g/mol. The van der Waals surface area contributed by atoms with Gasteiger partial charge in [-0.05, 0) is 18.2 Å². The van der Waals surface area contributed by atoms with Crippen molar-refractivity contribution in [2.24, 2.45) is 0 Å². The molecule has 3 rings (SSSR count). The molecule has 0 fully saturated rings. The Balaban J connectivity index is 2.19. The summed E-state index contributed by atoms with van der Waals surface area (Å²) >= 11 is 0. The van der Waals surface area contributed by atoms with Gasteiger partial charge in [-0.2, -0.15) is 0 Å². The van der Waals surface area contributed by atoms with E-state index in [9.17, 15) is 4.79 Å². The number of nitrogens with zero attached hydrogens (tertiary/aromatic N) is 2. The molecule has 0 saturated heterocycles. The molecule has 0 bridgehead atoms. The fraction of sp³-hybridized carbons (Fsp3) is 0.133. The lowest BCUT2D eigenvalue weighted by Crippen LogP contribution is -2.10. The van der Waals surface area contributed by atoms with Gasteiger partial charge in [0.15, 0.2) is 0 Å². The van der Waals surface area contributed by atoms with E-state index in [1.807, 2.05) is 43.3 Å². The molecule has 1 amide bonds. The van der Waals surface area contributed by atoms with Gasteiger partial charge in [-0.25, -0.2) is 4.98 Å². The van der Waals surface area contributed by atoms with Crippen molar-refractivity contribution in [3.05, 3.63) is 42.6 Å². The first-order valence-electron chi connectivity index (χ1n) is 6.22. The number of aromatic nitrogens is 2. The number of nitrogens with one attached hydrogen (secondary N) is 1. The van der Waals surface area contributed by atoms with Gasteiger partial charge in [0.25, 0.3) is 0 Å². The number of carbonyl (C=O) groups excluding carboxylic acids is 1. The molecule has 0 saturated carbocycles. The number of amides is 1. The first kappa shape index (κ1) is 11.6. The number of fused-ring (bicyclic) bond motifs is 3. The van der Waals surface area contributed by atoms with Crippen LogP contribution in [-0.4, -0.2) is 15.9 Å². The van der Waals surface area contributed by atoms with E-state index in [1.165, 1.54) is 0 Å². The van der Waals surface area contributed by atoms with Crippen molar-refractivity contribution in [1.29, 1.82) is 0 Å². The number of rotatable bonds is 2. The summed E-state index contributed by atoms with van der Waals surface area (Å²) in [6.07, 6.45) is 2.19. The molecule has 2 heterocycles. The Morgan fingerprint density at radius 1 is 1.11 bits per heavy atom. The number of hydrogen-bond donors (Lipinski definition) is 1. The van der Waals surface area contributed by atoms with E-state index in [0.29, 0.717) is 12.2 Å². The number of anilines is 1. The third kappa shape index (κ3) is 2.12. The van der Waals surface area contributed by atoms with Crippen molar-refractivity contribution in [1.82, 2.24) is 9.97 Å². The third-order valence-electron chi connectivity index (χ3n) is 3.02. The molecule has 1 N–H and O–H groups in total. The van der Waals surface area contributed by atoms with Gasteiger partial charge in [0.2, 0.25) is 5.91 Å². The standard InChI is InChI=1S/C15H13N3O/c1-2-13(19)17-12-8-7-11-6-5-10-4-3-9-16-14(10)15(11)18-12/h3-9H,2H2,1H3,(H,17,18,19). The summed E-state index contributed by atoms with van der Waals surface area (Å²) in [5.74, 6) is 0.526. The Hall–Kier alpha value is -2.49. The van der Waals surface area contributed by atoms with Crippen LogP contribution in [0, 0.1) is 0 Å². The van der Waals surface area contributed by atoms with Crippen LogP contribution in [0.3, 0.4) is 0 Å². The maximum atomic E-state index is 11.4. The minimum atomic E-state index is -0.0416. The van der Waals surface area contributed by atoms with Gasteiger partial charge in [0.1, 0.15) is 5.82 Å². The molecule has 0 radical (unpaired) electrons. The Bertz CT molecular complexity index is 768. The lowest BCUT2D eigenvalue weighted by molar-refractivity contribution is -0.115. The van der Waals surface area contributed by atoms with Gasteiger partial charge >= 0.3 is 0 Å². The second-order valence-corrected chi connectivity index (χ2v) is 4.31. The molecule has 19 heavy (non-hydrogen) atoms. The summed E-state index contributed by atoms with van der Waals surface area (Å²) in [6, 6.07) is 11.7. The smallest absolute Gasteiger partial charge is 0.225 e. The van der Waals surface area contributed by atoms with Crippen molar-refractivity contribution in [2.45, 2.75) is 13.3 Å². The molecule has 94 valence electrons. The molecule has 0 aliphatic carbocycles. The maximum absolute atomic E-state index is 11.4. The van der Waals surface area contributed by atoms with Crippen LogP contribution < -0.4 is 5.32 Å². The van der Waals surface area contributed by atoms with E-state index in [2.05, 4.69) is 15.3 Å². The van der Waals surface area contributed by atoms with E-state index < -0.39 is 0 Å². The SMILES string of the molecule is CCC(=O)Nc1ccc2ccc3cccnc3c2n1. The van der Waals surface area contributed by atoms with Gasteiger partial charge < -0.3 is 5.32 Å². The molecule has 4 nitrogen and oxygen atoms in total. The monoisotopic (exact) mass is 251 g/mol. The fourth-order valence-electron chi connectivity index (χ4n) is 2.02. The van der Waals surface area contributed by atoms with Crippen LogP contribution in [0.25, 0.3) is 21.8 Å². The number of hydrogen-bond acceptors (Lipinski definition) is 3. The highest BCUT2D eigenvalue weighted by atomic mass is 16.1. The Morgan fingerprint density at radius 3 is 2.63 bits per heavy atom. The first-order chi connectivity index (χ1) is 9.28. The normalized spacial score (nSPS) is 10.8. The zero-order chi connectivity index (χ0) is 13.2. The topological polar surface area (TPSA) is 54.9 Å². The molecular weight excluding hydrogens is 238 g/mol. The summed E-state index contributed by atoms with van der Waals surface area (Å²) in [4.78, 5) is 20.3. The second kappa shape index (κ2) is 4.65. The second-order valence-electron chi connectivity index (χ2n) is 4.31. The van der Waals surface area contributed by atoms with Crippen LogP contribution in [0.2, 0.25) is 0 Å². The lowest BCUT2D eigenvalue weighted by atomic mass is 10.1. The predicted octanol–water partition coefficient (Wildman–Crippen LogP) is 3.13. The van der Waals surface area contributed by atoms with Gasteiger partial charge in [0, 0.05) is 23.4 Å². The van der Waals surface area contributed by atoms with Crippen molar-refractivity contribution in [3.8, 4) is 0 Å². The molecule has 0 aliphatic rings. The summed E-state index contributed by atoms with van der Waals surface area (Å²) in [6.45, 7) is 1.81. The van der Waals surface area contributed by atoms with E-state index in [4.69, 9.17) is 0 Å². The molecule has 0 spiro atoms. The van der Waals surface area contributed by atoms with Crippen LogP contribution in [0.5, 0.6) is 0 Å². The largest absolute Gasteiger partial charge is 0.311 e. The Morgan fingerprint density at radius 2 is 1.84 bits per heavy atom. The van der Waals surface area contributed by atoms with Crippen molar-refractivity contribution in [2.75, 3.05) is 5.32 Å².